The van der Waals surface area contributed by atoms with Gasteiger partial charge in [0.15, 0.2) is 5.13 Å². The molecule has 5 nitrogen and oxygen atoms in total. The molecule has 21 heavy (non-hydrogen) atoms. The van der Waals surface area contributed by atoms with Gasteiger partial charge in [-0.1, -0.05) is 30.3 Å². The number of hydrogen-bond acceptors (Lipinski definition) is 4. The minimum atomic E-state index is -0.199. The van der Waals surface area contributed by atoms with E-state index >= 15 is 0 Å². The predicted octanol–water partition coefficient (Wildman–Crippen LogP) is 2.72. The molecule has 0 aliphatic rings. The van der Waals surface area contributed by atoms with E-state index in [-0.39, 0.29) is 5.91 Å². The molecule has 2 heterocycles. The molecule has 1 N–H and O–H groups in total. The average Bonchev–Trinajstić information content (AvgIpc) is 3.09. The van der Waals surface area contributed by atoms with Crippen molar-refractivity contribution in [3.63, 3.8) is 0 Å². The molecule has 2 aromatic heterocycles. The SMILES string of the molecule is Cn1nccc1C(=O)Nc1nc(Cc2ccccc2)cs1. The van der Waals surface area contributed by atoms with Gasteiger partial charge in [-0.3, -0.25) is 14.8 Å². The van der Waals surface area contributed by atoms with Gasteiger partial charge in [0.2, 0.25) is 0 Å². The highest BCUT2D eigenvalue weighted by molar-refractivity contribution is 7.14. The zero-order valence-electron chi connectivity index (χ0n) is 11.5. The van der Waals surface area contributed by atoms with E-state index in [4.69, 9.17) is 0 Å². The fraction of sp³-hybridized carbons (Fsp3) is 0.133. The maximum absolute atomic E-state index is 12.1. The van der Waals surface area contributed by atoms with Crippen molar-refractivity contribution in [2.45, 2.75) is 6.42 Å². The summed E-state index contributed by atoms with van der Waals surface area (Å²) in [7, 11) is 1.73. The quantitative estimate of drug-likeness (QED) is 0.805. The van der Waals surface area contributed by atoms with E-state index in [1.165, 1.54) is 21.6 Å². The zero-order valence-corrected chi connectivity index (χ0v) is 12.3. The van der Waals surface area contributed by atoms with Gasteiger partial charge in [-0.25, -0.2) is 4.98 Å². The number of carbonyl (C=O) groups excluding carboxylic acids is 1. The van der Waals surface area contributed by atoms with Crippen LogP contribution in [0.4, 0.5) is 5.13 Å². The third-order valence-electron chi connectivity index (χ3n) is 3.05. The minimum absolute atomic E-state index is 0.199. The first kappa shape index (κ1) is 13.5. The fourth-order valence-electron chi connectivity index (χ4n) is 2.01. The summed E-state index contributed by atoms with van der Waals surface area (Å²) in [5.74, 6) is -0.199. The third kappa shape index (κ3) is 3.17. The number of carbonyl (C=O) groups is 1. The number of nitrogens with zero attached hydrogens (tertiary/aromatic N) is 3. The van der Waals surface area contributed by atoms with E-state index in [0.29, 0.717) is 10.8 Å². The Morgan fingerprint density at radius 2 is 2.10 bits per heavy atom. The number of amides is 1. The van der Waals surface area contributed by atoms with Gasteiger partial charge in [0.05, 0.1) is 5.69 Å². The average molecular weight is 298 g/mol. The summed E-state index contributed by atoms with van der Waals surface area (Å²) < 4.78 is 1.54. The number of anilines is 1. The molecular formula is C15H14N4OS. The van der Waals surface area contributed by atoms with E-state index < -0.39 is 0 Å². The van der Waals surface area contributed by atoms with E-state index in [2.05, 4.69) is 27.5 Å². The Morgan fingerprint density at radius 1 is 1.29 bits per heavy atom. The summed E-state index contributed by atoms with van der Waals surface area (Å²) in [6.07, 6.45) is 2.36. The first-order valence-corrected chi connectivity index (χ1v) is 7.38. The molecule has 0 spiro atoms. The molecule has 3 rings (SSSR count). The van der Waals surface area contributed by atoms with Crippen molar-refractivity contribution in [2.24, 2.45) is 7.05 Å². The van der Waals surface area contributed by atoms with Crippen LogP contribution in [0.25, 0.3) is 0 Å². The molecule has 1 aromatic carbocycles. The first-order valence-electron chi connectivity index (χ1n) is 6.50. The van der Waals surface area contributed by atoms with Crippen LogP contribution >= 0.6 is 11.3 Å². The van der Waals surface area contributed by atoms with Gasteiger partial charge in [-0.2, -0.15) is 5.10 Å². The molecule has 0 bridgehead atoms. The van der Waals surface area contributed by atoms with E-state index in [1.54, 1.807) is 19.3 Å². The Bertz CT molecular complexity index is 748. The topological polar surface area (TPSA) is 59.8 Å². The van der Waals surface area contributed by atoms with Gasteiger partial charge >= 0.3 is 0 Å². The third-order valence-corrected chi connectivity index (χ3v) is 3.86. The Labute approximate surface area is 126 Å². The first-order chi connectivity index (χ1) is 10.2. The van der Waals surface area contributed by atoms with E-state index in [1.807, 2.05) is 23.6 Å². The fourth-order valence-corrected chi connectivity index (χ4v) is 2.71. The maximum atomic E-state index is 12.1. The molecule has 0 fully saturated rings. The normalized spacial score (nSPS) is 10.5. The van der Waals surface area contributed by atoms with Crippen molar-refractivity contribution >= 4 is 22.4 Å². The predicted molar refractivity (Wildman–Crippen MR) is 82.5 cm³/mol. The number of nitrogens with one attached hydrogen (secondary N) is 1. The molecule has 0 atom stereocenters. The minimum Gasteiger partial charge on any atom is -0.296 e. The lowest BCUT2D eigenvalue weighted by Gasteiger charge is -2.01. The van der Waals surface area contributed by atoms with Crippen molar-refractivity contribution in [1.82, 2.24) is 14.8 Å². The Kier molecular flexibility index (Phi) is 3.79. The van der Waals surface area contributed by atoms with Crippen molar-refractivity contribution in [1.29, 1.82) is 0 Å². The van der Waals surface area contributed by atoms with Crippen LogP contribution in [-0.2, 0) is 13.5 Å². The standard InChI is InChI=1S/C15H14N4OS/c1-19-13(7-8-16-19)14(20)18-15-17-12(10-21-15)9-11-5-3-2-4-6-11/h2-8,10H,9H2,1H3,(H,17,18,20). The van der Waals surface area contributed by atoms with Crippen LogP contribution in [0.1, 0.15) is 21.7 Å². The summed E-state index contributed by atoms with van der Waals surface area (Å²) in [5.41, 5.74) is 2.66. The summed E-state index contributed by atoms with van der Waals surface area (Å²) in [6, 6.07) is 11.8. The molecule has 0 radical (unpaired) electrons. The molecular weight excluding hydrogens is 284 g/mol. The lowest BCUT2D eigenvalue weighted by atomic mass is 10.1. The van der Waals surface area contributed by atoms with E-state index in [9.17, 15) is 4.79 Å². The number of aromatic nitrogens is 3. The molecule has 0 saturated carbocycles. The molecule has 106 valence electrons. The molecule has 0 saturated heterocycles. The Balaban J connectivity index is 1.68. The van der Waals surface area contributed by atoms with Gasteiger partial charge in [0.25, 0.3) is 5.91 Å². The van der Waals surface area contributed by atoms with Crippen LogP contribution in [-0.4, -0.2) is 20.7 Å². The van der Waals surface area contributed by atoms with Crippen molar-refractivity contribution in [2.75, 3.05) is 5.32 Å². The molecule has 1 amide bonds. The summed E-state index contributed by atoms with van der Waals surface area (Å²) in [5, 5.41) is 9.35. The smallest absolute Gasteiger partial charge is 0.275 e. The Hall–Kier alpha value is -2.47. The lowest BCUT2D eigenvalue weighted by Crippen LogP contribution is -2.15. The molecule has 0 aliphatic carbocycles. The number of thiazole rings is 1. The highest BCUT2D eigenvalue weighted by Crippen LogP contribution is 2.18. The lowest BCUT2D eigenvalue weighted by molar-refractivity contribution is 0.101. The number of rotatable bonds is 4. The van der Waals surface area contributed by atoms with Crippen LogP contribution in [0.15, 0.2) is 48.0 Å². The number of hydrogen-bond donors (Lipinski definition) is 1. The Morgan fingerprint density at radius 3 is 2.81 bits per heavy atom. The van der Waals surface area contributed by atoms with E-state index in [0.717, 1.165) is 12.1 Å². The second-order valence-corrected chi connectivity index (χ2v) is 5.46. The van der Waals surface area contributed by atoms with Crippen LogP contribution in [0.2, 0.25) is 0 Å². The zero-order chi connectivity index (χ0) is 14.7. The van der Waals surface area contributed by atoms with Crippen LogP contribution in [0, 0.1) is 0 Å². The number of aryl methyl sites for hydroxylation is 1. The van der Waals surface area contributed by atoms with Crippen molar-refractivity contribution in [3.8, 4) is 0 Å². The van der Waals surface area contributed by atoms with Gasteiger partial charge in [0.1, 0.15) is 5.69 Å². The van der Waals surface area contributed by atoms with Crippen LogP contribution in [0.5, 0.6) is 0 Å². The summed E-state index contributed by atoms with van der Waals surface area (Å²) in [6.45, 7) is 0. The molecule has 0 aliphatic heterocycles. The molecule has 6 heteroatoms. The van der Waals surface area contributed by atoms with Gasteiger partial charge in [-0.15, -0.1) is 11.3 Å². The molecule has 3 aromatic rings. The highest BCUT2D eigenvalue weighted by atomic mass is 32.1. The highest BCUT2D eigenvalue weighted by Gasteiger charge is 2.12. The number of benzene rings is 1. The monoisotopic (exact) mass is 298 g/mol. The largest absolute Gasteiger partial charge is 0.296 e. The van der Waals surface area contributed by atoms with Crippen molar-refractivity contribution < 1.29 is 4.79 Å². The van der Waals surface area contributed by atoms with Crippen LogP contribution < -0.4 is 5.32 Å². The molecule has 0 unspecified atom stereocenters. The van der Waals surface area contributed by atoms with Gasteiger partial charge in [0, 0.05) is 25.0 Å². The van der Waals surface area contributed by atoms with Crippen LogP contribution in [0.3, 0.4) is 0 Å². The summed E-state index contributed by atoms with van der Waals surface area (Å²) in [4.78, 5) is 16.5. The second kappa shape index (κ2) is 5.88. The van der Waals surface area contributed by atoms with Gasteiger partial charge in [-0.05, 0) is 11.6 Å². The second-order valence-electron chi connectivity index (χ2n) is 4.60. The maximum Gasteiger partial charge on any atom is 0.275 e. The van der Waals surface area contributed by atoms with Gasteiger partial charge < -0.3 is 0 Å². The summed E-state index contributed by atoms with van der Waals surface area (Å²) >= 11 is 1.43. The van der Waals surface area contributed by atoms with Crippen molar-refractivity contribution in [3.05, 3.63) is 64.9 Å².